The molecule has 16 heavy (non-hydrogen) atoms. The summed E-state index contributed by atoms with van der Waals surface area (Å²) in [5, 5.41) is 13.6. The van der Waals surface area contributed by atoms with Gasteiger partial charge in [0.05, 0.1) is 12.7 Å². The zero-order valence-electron chi connectivity index (χ0n) is 9.29. The van der Waals surface area contributed by atoms with Crippen LogP contribution < -0.4 is 10.1 Å². The molecule has 2 rings (SSSR count). The summed E-state index contributed by atoms with van der Waals surface area (Å²) < 4.78 is 18.9. The van der Waals surface area contributed by atoms with E-state index in [9.17, 15) is 9.50 Å². The average Bonchev–Trinajstić information content (AvgIpc) is 2.30. The van der Waals surface area contributed by atoms with E-state index in [1.54, 1.807) is 18.2 Å². The van der Waals surface area contributed by atoms with Crippen molar-refractivity contribution in [2.45, 2.75) is 18.4 Å². The van der Waals surface area contributed by atoms with E-state index in [1.165, 1.54) is 7.11 Å². The molecular weight excluding hydrogens is 209 g/mol. The molecule has 0 aliphatic carbocycles. The Hall–Kier alpha value is -1.13. The summed E-state index contributed by atoms with van der Waals surface area (Å²) in [6.45, 7) is 1.40. The van der Waals surface area contributed by atoms with Crippen molar-refractivity contribution in [1.82, 2.24) is 5.32 Å². The van der Waals surface area contributed by atoms with Gasteiger partial charge >= 0.3 is 0 Å². The summed E-state index contributed by atoms with van der Waals surface area (Å²) >= 11 is 0. The minimum atomic E-state index is -1.07. The normalized spacial score (nSPS) is 19.4. The molecule has 1 fully saturated rings. The molecule has 1 aliphatic heterocycles. The second kappa shape index (κ2) is 4.39. The Morgan fingerprint density at radius 3 is 2.69 bits per heavy atom. The molecule has 3 nitrogen and oxygen atoms in total. The summed E-state index contributed by atoms with van der Waals surface area (Å²) in [5.41, 5.74) is -0.725. The van der Waals surface area contributed by atoms with Gasteiger partial charge < -0.3 is 15.2 Å². The zero-order chi connectivity index (χ0) is 11.6. The third-order valence-electron chi connectivity index (χ3n) is 3.12. The van der Waals surface area contributed by atoms with Crippen LogP contribution in [0.3, 0.4) is 0 Å². The number of methoxy groups -OCH3 is 1. The van der Waals surface area contributed by atoms with E-state index in [0.717, 1.165) is 0 Å². The van der Waals surface area contributed by atoms with Gasteiger partial charge in [-0.05, 0) is 32.0 Å². The van der Waals surface area contributed by atoms with E-state index >= 15 is 0 Å². The van der Waals surface area contributed by atoms with Gasteiger partial charge in [0.15, 0.2) is 11.6 Å². The number of halogens is 1. The fraction of sp³-hybridized carbons (Fsp3) is 0.500. The summed E-state index contributed by atoms with van der Waals surface area (Å²) in [6, 6.07) is 4.89. The quantitative estimate of drug-likeness (QED) is 0.799. The molecule has 88 valence electrons. The van der Waals surface area contributed by atoms with Crippen molar-refractivity contribution in [1.29, 1.82) is 0 Å². The van der Waals surface area contributed by atoms with Crippen molar-refractivity contribution < 1.29 is 14.2 Å². The summed E-state index contributed by atoms with van der Waals surface area (Å²) in [5.74, 6) is -0.265. The number of hydrogen-bond acceptors (Lipinski definition) is 3. The molecule has 0 atom stereocenters. The SMILES string of the molecule is COc1cccc(C2(O)CCNCC2)c1F. The fourth-order valence-corrected chi connectivity index (χ4v) is 2.14. The number of ether oxygens (including phenoxy) is 1. The van der Waals surface area contributed by atoms with E-state index in [-0.39, 0.29) is 5.75 Å². The van der Waals surface area contributed by atoms with Crippen LogP contribution >= 0.6 is 0 Å². The molecule has 0 aromatic heterocycles. The molecule has 4 heteroatoms. The van der Waals surface area contributed by atoms with Gasteiger partial charge in [-0.1, -0.05) is 12.1 Å². The number of hydrogen-bond donors (Lipinski definition) is 2. The molecule has 1 aromatic carbocycles. The zero-order valence-corrected chi connectivity index (χ0v) is 9.29. The van der Waals surface area contributed by atoms with Gasteiger partial charge in [-0.3, -0.25) is 0 Å². The van der Waals surface area contributed by atoms with E-state index in [2.05, 4.69) is 5.32 Å². The van der Waals surface area contributed by atoms with Crippen molar-refractivity contribution in [2.24, 2.45) is 0 Å². The standard InChI is InChI=1S/C12H16FNO2/c1-16-10-4-2-3-9(11(10)13)12(15)5-7-14-8-6-12/h2-4,14-15H,5-8H2,1H3. The lowest BCUT2D eigenvalue weighted by Crippen LogP contribution is -2.40. The Morgan fingerprint density at radius 1 is 1.38 bits per heavy atom. The van der Waals surface area contributed by atoms with Crippen LogP contribution in [0.1, 0.15) is 18.4 Å². The lowest BCUT2D eigenvalue weighted by atomic mass is 9.84. The van der Waals surface area contributed by atoms with Crippen LogP contribution in [0.4, 0.5) is 4.39 Å². The number of aliphatic hydroxyl groups is 1. The molecule has 1 aromatic rings. The molecule has 0 radical (unpaired) electrons. The molecule has 1 aliphatic rings. The molecule has 0 spiro atoms. The number of piperidine rings is 1. The molecule has 0 unspecified atom stereocenters. The van der Waals surface area contributed by atoms with Gasteiger partial charge in [0.1, 0.15) is 0 Å². The lowest BCUT2D eigenvalue weighted by molar-refractivity contribution is 0.00240. The van der Waals surface area contributed by atoms with Crippen molar-refractivity contribution in [3.63, 3.8) is 0 Å². The first-order chi connectivity index (χ1) is 7.67. The maximum atomic E-state index is 14.0. The Morgan fingerprint density at radius 2 is 2.06 bits per heavy atom. The van der Waals surface area contributed by atoms with Crippen LogP contribution in [-0.2, 0) is 5.60 Å². The highest BCUT2D eigenvalue weighted by molar-refractivity contribution is 5.35. The van der Waals surface area contributed by atoms with Crippen molar-refractivity contribution >= 4 is 0 Å². The highest BCUT2D eigenvalue weighted by Crippen LogP contribution is 2.35. The maximum Gasteiger partial charge on any atom is 0.171 e. The fourth-order valence-electron chi connectivity index (χ4n) is 2.14. The first-order valence-corrected chi connectivity index (χ1v) is 5.43. The summed E-state index contributed by atoms with van der Waals surface area (Å²) in [7, 11) is 1.43. The van der Waals surface area contributed by atoms with Crippen molar-refractivity contribution in [3.05, 3.63) is 29.6 Å². The van der Waals surface area contributed by atoms with Crippen LogP contribution in [0.25, 0.3) is 0 Å². The molecular formula is C12H16FNO2. The second-order valence-corrected chi connectivity index (χ2v) is 4.10. The van der Waals surface area contributed by atoms with Crippen LogP contribution in [0.5, 0.6) is 5.75 Å². The highest BCUT2D eigenvalue weighted by atomic mass is 19.1. The van der Waals surface area contributed by atoms with Crippen LogP contribution in [0.15, 0.2) is 18.2 Å². The Balaban J connectivity index is 2.38. The van der Waals surface area contributed by atoms with Gasteiger partial charge in [-0.25, -0.2) is 4.39 Å². The van der Waals surface area contributed by atoms with Crippen LogP contribution in [-0.4, -0.2) is 25.3 Å². The second-order valence-electron chi connectivity index (χ2n) is 4.10. The van der Waals surface area contributed by atoms with Gasteiger partial charge in [-0.2, -0.15) is 0 Å². The Labute approximate surface area is 94.2 Å². The van der Waals surface area contributed by atoms with Crippen LogP contribution in [0.2, 0.25) is 0 Å². The smallest absolute Gasteiger partial charge is 0.171 e. The van der Waals surface area contributed by atoms with Crippen molar-refractivity contribution in [2.75, 3.05) is 20.2 Å². The van der Waals surface area contributed by atoms with Crippen LogP contribution in [0, 0.1) is 5.82 Å². The highest BCUT2D eigenvalue weighted by Gasteiger charge is 2.34. The molecule has 0 bridgehead atoms. The molecule has 0 saturated carbocycles. The average molecular weight is 225 g/mol. The number of benzene rings is 1. The third-order valence-corrected chi connectivity index (χ3v) is 3.12. The predicted molar refractivity (Wildman–Crippen MR) is 59.0 cm³/mol. The van der Waals surface area contributed by atoms with E-state index < -0.39 is 11.4 Å². The minimum absolute atomic E-state index is 0.185. The summed E-state index contributed by atoms with van der Waals surface area (Å²) in [6.07, 6.45) is 1.05. The predicted octanol–water partition coefficient (Wildman–Crippen LogP) is 1.41. The van der Waals surface area contributed by atoms with Gasteiger partial charge in [-0.15, -0.1) is 0 Å². The molecule has 0 amide bonds. The number of nitrogens with one attached hydrogen (secondary N) is 1. The number of rotatable bonds is 2. The van der Waals surface area contributed by atoms with Gasteiger partial charge in [0, 0.05) is 5.56 Å². The largest absolute Gasteiger partial charge is 0.494 e. The first-order valence-electron chi connectivity index (χ1n) is 5.43. The third kappa shape index (κ3) is 1.90. The molecule has 1 heterocycles. The maximum absolute atomic E-state index is 14.0. The topological polar surface area (TPSA) is 41.5 Å². The monoisotopic (exact) mass is 225 g/mol. The van der Waals surface area contributed by atoms with E-state index in [1.807, 2.05) is 0 Å². The van der Waals surface area contributed by atoms with Gasteiger partial charge in [0.25, 0.3) is 0 Å². The minimum Gasteiger partial charge on any atom is -0.494 e. The molecule has 1 saturated heterocycles. The Kier molecular flexibility index (Phi) is 3.12. The summed E-state index contributed by atoms with van der Waals surface area (Å²) in [4.78, 5) is 0. The molecule has 2 N–H and O–H groups in total. The van der Waals surface area contributed by atoms with Crippen molar-refractivity contribution in [3.8, 4) is 5.75 Å². The van der Waals surface area contributed by atoms with E-state index in [0.29, 0.717) is 31.5 Å². The van der Waals surface area contributed by atoms with E-state index in [4.69, 9.17) is 4.74 Å². The Bertz CT molecular complexity index is 375. The first kappa shape index (κ1) is 11.4. The lowest BCUT2D eigenvalue weighted by Gasteiger charge is -2.33. The van der Waals surface area contributed by atoms with Gasteiger partial charge in [0.2, 0.25) is 0 Å².